The van der Waals surface area contributed by atoms with E-state index in [1.807, 2.05) is 12.1 Å². The first-order chi connectivity index (χ1) is 11.0. The monoisotopic (exact) mass is 399 g/mol. The van der Waals surface area contributed by atoms with Gasteiger partial charge in [-0.1, -0.05) is 0 Å². The van der Waals surface area contributed by atoms with E-state index in [9.17, 15) is 9.90 Å². The molecule has 2 rings (SSSR count). The van der Waals surface area contributed by atoms with Crippen LogP contribution in [0.5, 0.6) is 11.5 Å². The number of carbonyl (C=O) groups is 1. The molecule has 1 heterocycles. The summed E-state index contributed by atoms with van der Waals surface area (Å²) in [5.41, 5.74) is 0.453. The molecule has 0 saturated heterocycles. The number of thiophene rings is 1. The summed E-state index contributed by atoms with van der Waals surface area (Å²) in [4.78, 5) is 13.1. The fourth-order valence-corrected chi connectivity index (χ4v) is 3.25. The zero-order chi connectivity index (χ0) is 16.8. The summed E-state index contributed by atoms with van der Waals surface area (Å²) in [5, 5.41) is 11.9. The molecule has 5 nitrogen and oxygen atoms in total. The second kappa shape index (κ2) is 8.33. The molecule has 0 bridgehead atoms. The molecule has 0 radical (unpaired) electrons. The third-order valence-corrected chi connectivity index (χ3v) is 4.58. The van der Waals surface area contributed by atoms with Crippen molar-refractivity contribution < 1.29 is 19.4 Å². The molecule has 1 aromatic carbocycles. The highest BCUT2D eigenvalue weighted by atomic mass is 79.9. The lowest BCUT2D eigenvalue weighted by molar-refractivity contribution is 0.0923. The standard InChI is InChI=1S/C16H18BrNO4S/c1-10(19)8-18-16(20)11-3-5-13(14(7-11)21-2)22-9-12-4-6-15(17)23-12/h3-7,10,19H,8-9H2,1-2H3,(H,18,20). The Morgan fingerprint density at radius 2 is 2.13 bits per heavy atom. The summed E-state index contributed by atoms with van der Waals surface area (Å²) in [7, 11) is 1.53. The van der Waals surface area contributed by atoms with Crippen LogP contribution in [0.1, 0.15) is 22.2 Å². The van der Waals surface area contributed by atoms with Crippen molar-refractivity contribution in [1.82, 2.24) is 5.32 Å². The molecule has 0 aliphatic heterocycles. The summed E-state index contributed by atoms with van der Waals surface area (Å²) in [6, 6.07) is 8.95. The number of nitrogens with one attached hydrogen (secondary N) is 1. The van der Waals surface area contributed by atoms with E-state index in [2.05, 4.69) is 21.2 Å². The Morgan fingerprint density at radius 1 is 1.35 bits per heavy atom. The minimum absolute atomic E-state index is 0.201. The lowest BCUT2D eigenvalue weighted by Crippen LogP contribution is -2.30. The van der Waals surface area contributed by atoms with Crippen molar-refractivity contribution in [3.8, 4) is 11.5 Å². The number of aliphatic hydroxyl groups is 1. The van der Waals surface area contributed by atoms with E-state index in [0.717, 1.165) is 8.66 Å². The van der Waals surface area contributed by atoms with Crippen molar-refractivity contribution in [3.05, 3.63) is 44.6 Å². The van der Waals surface area contributed by atoms with E-state index in [1.54, 1.807) is 36.5 Å². The molecule has 1 aromatic heterocycles. The number of rotatable bonds is 7. The first kappa shape index (κ1) is 17.8. The lowest BCUT2D eigenvalue weighted by Gasteiger charge is -2.12. The van der Waals surface area contributed by atoms with Gasteiger partial charge in [-0.15, -0.1) is 11.3 Å². The van der Waals surface area contributed by atoms with Crippen LogP contribution in [-0.4, -0.2) is 30.8 Å². The van der Waals surface area contributed by atoms with E-state index in [1.165, 1.54) is 7.11 Å². The Kier molecular flexibility index (Phi) is 6.44. The number of benzene rings is 1. The highest BCUT2D eigenvalue weighted by molar-refractivity contribution is 9.11. The fraction of sp³-hybridized carbons (Fsp3) is 0.312. The smallest absolute Gasteiger partial charge is 0.251 e. The molecule has 2 aromatic rings. The maximum absolute atomic E-state index is 12.0. The molecule has 0 aliphatic rings. The van der Waals surface area contributed by atoms with Crippen molar-refractivity contribution in [1.29, 1.82) is 0 Å². The molecule has 0 saturated carbocycles. The van der Waals surface area contributed by atoms with Crippen molar-refractivity contribution in [3.63, 3.8) is 0 Å². The van der Waals surface area contributed by atoms with Gasteiger partial charge < -0.3 is 19.9 Å². The Balaban J connectivity index is 2.05. The topological polar surface area (TPSA) is 67.8 Å². The van der Waals surface area contributed by atoms with Gasteiger partial charge in [0.1, 0.15) is 6.61 Å². The highest BCUT2D eigenvalue weighted by Gasteiger charge is 2.12. The van der Waals surface area contributed by atoms with Gasteiger partial charge in [-0.2, -0.15) is 0 Å². The number of amides is 1. The molecular formula is C16H18BrNO4S. The summed E-state index contributed by atoms with van der Waals surface area (Å²) in [6.07, 6.45) is -0.589. The molecule has 23 heavy (non-hydrogen) atoms. The summed E-state index contributed by atoms with van der Waals surface area (Å²) in [5.74, 6) is 0.798. The molecule has 1 atom stereocenters. The Hall–Kier alpha value is -1.57. The van der Waals surface area contributed by atoms with Crippen LogP contribution in [-0.2, 0) is 6.61 Å². The summed E-state index contributed by atoms with van der Waals surface area (Å²) < 4.78 is 12.1. The van der Waals surface area contributed by atoms with Crippen LogP contribution >= 0.6 is 27.3 Å². The third-order valence-electron chi connectivity index (χ3n) is 2.98. The van der Waals surface area contributed by atoms with Crippen molar-refractivity contribution in [2.45, 2.75) is 19.6 Å². The predicted molar refractivity (Wildman–Crippen MR) is 93.4 cm³/mol. The average Bonchev–Trinajstić information content (AvgIpc) is 2.95. The second-order valence-corrected chi connectivity index (χ2v) is 7.47. The van der Waals surface area contributed by atoms with E-state index < -0.39 is 6.10 Å². The number of halogens is 1. The maximum atomic E-state index is 12.0. The minimum atomic E-state index is -0.589. The average molecular weight is 400 g/mol. The van der Waals surface area contributed by atoms with Crippen LogP contribution in [0.4, 0.5) is 0 Å². The van der Waals surface area contributed by atoms with E-state index in [4.69, 9.17) is 9.47 Å². The molecule has 0 aliphatic carbocycles. The van der Waals surface area contributed by atoms with E-state index in [0.29, 0.717) is 23.7 Å². The number of methoxy groups -OCH3 is 1. The molecule has 1 amide bonds. The molecule has 7 heteroatoms. The molecule has 0 fully saturated rings. The Bertz CT molecular complexity index is 672. The number of hydrogen-bond acceptors (Lipinski definition) is 5. The van der Waals surface area contributed by atoms with Gasteiger partial charge in [0, 0.05) is 17.0 Å². The first-order valence-corrected chi connectivity index (χ1v) is 8.62. The normalized spacial score (nSPS) is 11.8. The van der Waals surface area contributed by atoms with Gasteiger partial charge in [-0.3, -0.25) is 4.79 Å². The predicted octanol–water partition coefficient (Wildman–Crippen LogP) is 3.21. The van der Waals surface area contributed by atoms with Crippen LogP contribution in [0.25, 0.3) is 0 Å². The van der Waals surface area contributed by atoms with Crippen molar-refractivity contribution in [2.75, 3.05) is 13.7 Å². The number of aliphatic hydroxyl groups excluding tert-OH is 1. The number of carbonyl (C=O) groups excluding carboxylic acids is 1. The molecule has 124 valence electrons. The zero-order valence-electron chi connectivity index (χ0n) is 12.8. The number of ether oxygens (including phenoxy) is 2. The van der Waals surface area contributed by atoms with Crippen LogP contribution in [0.3, 0.4) is 0 Å². The Morgan fingerprint density at radius 3 is 2.74 bits per heavy atom. The molecule has 2 N–H and O–H groups in total. The largest absolute Gasteiger partial charge is 0.493 e. The van der Waals surface area contributed by atoms with Gasteiger partial charge in [-0.05, 0) is 53.2 Å². The molecule has 1 unspecified atom stereocenters. The maximum Gasteiger partial charge on any atom is 0.251 e. The molecule has 0 spiro atoms. The quantitative estimate of drug-likeness (QED) is 0.749. The van der Waals surface area contributed by atoms with Crippen LogP contribution in [0, 0.1) is 0 Å². The van der Waals surface area contributed by atoms with Gasteiger partial charge in [0.2, 0.25) is 0 Å². The first-order valence-electron chi connectivity index (χ1n) is 7.01. The van der Waals surface area contributed by atoms with Gasteiger partial charge in [-0.25, -0.2) is 0 Å². The van der Waals surface area contributed by atoms with Crippen molar-refractivity contribution in [2.24, 2.45) is 0 Å². The molecular weight excluding hydrogens is 382 g/mol. The van der Waals surface area contributed by atoms with Gasteiger partial charge in [0.25, 0.3) is 5.91 Å². The summed E-state index contributed by atoms with van der Waals surface area (Å²) >= 11 is 5.01. The second-order valence-electron chi connectivity index (χ2n) is 4.92. The Labute approximate surface area is 147 Å². The van der Waals surface area contributed by atoms with Crippen molar-refractivity contribution >= 4 is 33.2 Å². The third kappa shape index (κ3) is 5.23. The van der Waals surface area contributed by atoms with Crippen LogP contribution in [0.15, 0.2) is 34.1 Å². The van der Waals surface area contributed by atoms with Crippen LogP contribution < -0.4 is 14.8 Å². The van der Waals surface area contributed by atoms with Gasteiger partial charge in [0.05, 0.1) is 17.0 Å². The van der Waals surface area contributed by atoms with E-state index in [-0.39, 0.29) is 12.5 Å². The minimum Gasteiger partial charge on any atom is -0.493 e. The van der Waals surface area contributed by atoms with Gasteiger partial charge >= 0.3 is 0 Å². The fourth-order valence-electron chi connectivity index (χ4n) is 1.85. The highest BCUT2D eigenvalue weighted by Crippen LogP contribution is 2.30. The van der Waals surface area contributed by atoms with Gasteiger partial charge in [0.15, 0.2) is 11.5 Å². The zero-order valence-corrected chi connectivity index (χ0v) is 15.2. The number of hydrogen-bond donors (Lipinski definition) is 2. The summed E-state index contributed by atoms with van der Waals surface area (Å²) in [6.45, 7) is 2.24. The SMILES string of the molecule is COc1cc(C(=O)NCC(C)O)ccc1OCc1ccc(Br)s1. The van der Waals surface area contributed by atoms with E-state index >= 15 is 0 Å². The van der Waals surface area contributed by atoms with Crippen LogP contribution in [0.2, 0.25) is 0 Å². The lowest BCUT2D eigenvalue weighted by atomic mass is 10.2.